The van der Waals surface area contributed by atoms with E-state index in [1.165, 1.54) is 0 Å². The van der Waals surface area contributed by atoms with Crippen LogP contribution < -0.4 is 10.1 Å². The Kier molecular flexibility index (Phi) is 6.68. The summed E-state index contributed by atoms with van der Waals surface area (Å²) in [6.07, 6.45) is 1.06. The number of amides is 1. The predicted octanol–water partition coefficient (Wildman–Crippen LogP) is 1.78. The van der Waals surface area contributed by atoms with Crippen LogP contribution in [0.15, 0.2) is 24.3 Å². The highest BCUT2D eigenvalue weighted by Crippen LogP contribution is 2.23. The first-order valence-corrected chi connectivity index (χ1v) is 7.99. The molecule has 22 heavy (non-hydrogen) atoms. The van der Waals surface area contributed by atoms with E-state index in [0.29, 0.717) is 37.1 Å². The van der Waals surface area contributed by atoms with Crippen LogP contribution >= 0.6 is 0 Å². The monoisotopic (exact) mass is 306 g/mol. The van der Waals surface area contributed by atoms with Crippen LogP contribution in [0.3, 0.4) is 0 Å². The van der Waals surface area contributed by atoms with Gasteiger partial charge in [0.15, 0.2) is 0 Å². The third-order valence-electron chi connectivity index (χ3n) is 3.87. The lowest BCUT2D eigenvalue weighted by Gasteiger charge is -2.19. The Labute approximate surface area is 132 Å². The normalized spacial score (nSPS) is 17.7. The van der Waals surface area contributed by atoms with E-state index in [-0.39, 0.29) is 5.91 Å². The molecule has 122 valence electrons. The van der Waals surface area contributed by atoms with Gasteiger partial charge in [-0.1, -0.05) is 12.1 Å². The van der Waals surface area contributed by atoms with Gasteiger partial charge in [0.05, 0.1) is 12.2 Å². The molecular formula is C17H26N2O3. The topological polar surface area (TPSA) is 50.8 Å². The van der Waals surface area contributed by atoms with E-state index in [9.17, 15) is 4.79 Å². The van der Waals surface area contributed by atoms with Crippen molar-refractivity contribution in [3.05, 3.63) is 29.8 Å². The number of nitrogens with zero attached hydrogens (tertiary/aromatic N) is 1. The first-order valence-electron chi connectivity index (χ1n) is 7.99. The van der Waals surface area contributed by atoms with E-state index < -0.39 is 0 Å². The van der Waals surface area contributed by atoms with Crippen molar-refractivity contribution in [2.75, 3.05) is 46.5 Å². The summed E-state index contributed by atoms with van der Waals surface area (Å²) in [5, 5.41) is 3.18. The Morgan fingerprint density at radius 2 is 2.18 bits per heavy atom. The Morgan fingerprint density at radius 3 is 2.95 bits per heavy atom. The largest absolute Gasteiger partial charge is 0.490 e. The number of likely N-dealkylation sites (tertiary alicyclic amines) is 1. The second kappa shape index (κ2) is 8.76. The van der Waals surface area contributed by atoms with Crippen molar-refractivity contribution in [3.63, 3.8) is 0 Å². The second-order valence-electron chi connectivity index (χ2n) is 5.51. The van der Waals surface area contributed by atoms with Crippen molar-refractivity contribution >= 4 is 5.91 Å². The quantitative estimate of drug-likeness (QED) is 0.744. The fourth-order valence-corrected chi connectivity index (χ4v) is 2.77. The molecule has 1 unspecified atom stereocenters. The fourth-order valence-electron chi connectivity index (χ4n) is 2.77. The van der Waals surface area contributed by atoms with Gasteiger partial charge in [0.25, 0.3) is 5.91 Å². The lowest BCUT2D eigenvalue weighted by molar-refractivity contribution is 0.0776. The van der Waals surface area contributed by atoms with Crippen LogP contribution in [0.25, 0.3) is 0 Å². The van der Waals surface area contributed by atoms with E-state index >= 15 is 0 Å². The minimum Gasteiger partial charge on any atom is -0.490 e. The highest BCUT2D eigenvalue weighted by atomic mass is 16.5. The SMILES string of the molecule is CCOCCOc1ccccc1C(=O)N1CCC(CNC)C1. The standard InChI is InChI=1S/C17H26N2O3/c1-3-21-10-11-22-16-7-5-4-6-15(16)17(20)19-9-8-14(13-19)12-18-2/h4-7,14,18H,3,8-13H2,1-2H3. The van der Waals surface area contributed by atoms with E-state index in [1.54, 1.807) is 0 Å². The number of benzene rings is 1. The molecule has 0 spiro atoms. The van der Waals surface area contributed by atoms with Crippen molar-refractivity contribution < 1.29 is 14.3 Å². The molecule has 1 aromatic rings. The smallest absolute Gasteiger partial charge is 0.257 e. The highest BCUT2D eigenvalue weighted by molar-refractivity contribution is 5.97. The first-order chi connectivity index (χ1) is 10.8. The number of rotatable bonds is 8. The molecular weight excluding hydrogens is 280 g/mol. The number of nitrogens with one attached hydrogen (secondary N) is 1. The fraction of sp³-hybridized carbons (Fsp3) is 0.588. The average Bonchev–Trinajstić information content (AvgIpc) is 3.00. The van der Waals surface area contributed by atoms with Gasteiger partial charge in [-0.3, -0.25) is 4.79 Å². The number of ether oxygens (including phenoxy) is 2. The highest BCUT2D eigenvalue weighted by Gasteiger charge is 2.27. The van der Waals surface area contributed by atoms with E-state index in [4.69, 9.17) is 9.47 Å². The Balaban J connectivity index is 1.97. The van der Waals surface area contributed by atoms with E-state index in [2.05, 4.69) is 5.32 Å². The number of hydrogen-bond donors (Lipinski definition) is 1. The van der Waals surface area contributed by atoms with Gasteiger partial charge < -0.3 is 19.7 Å². The van der Waals surface area contributed by atoms with Gasteiger partial charge in [0, 0.05) is 19.7 Å². The van der Waals surface area contributed by atoms with Crippen molar-refractivity contribution in [2.45, 2.75) is 13.3 Å². The molecule has 1 heterocycles. The Hall–Kier alpha value is -1.59. The van der Waals surface area contributed by atoms with Crippen LogP contribution in [0, 0.1) is 5.92 Å². The zero-order valence-corrected chi connectivity index (χ0v) is 13.5. The average molecular weight is 306 g/mol. The zero-order valence-electron chi connectivity index (χ0n) is 13.5. The minimum absolute atomic E-state index is 0.0608. The van der Waals surface area contributed by atoms with Crippen molar-refractivity contribution in [1.82, 2.24) is 10.2 Å². The number of para-hydroxylation sites is 1. The third kappa shape index (κ3) is 4.45. The minimum atomic E-state index is 0.0608. The molecule has 0 bridgehead atoms. The zero-order chi connectivity index (χ0) is 15.8. The van der Waals surface area contributed by atoms with Crippen molar-refractivity contribution in [3.8, 4) is 5.75 Å². The molecule has 1 amide bonds. The molecule has 5 heteroatoms. The van der Waals surface area contributed by atoms with E-state index in [0.717, 1.165) is 26.1 Å². The molecule has 1 aromatic carbocycles. The van der Waals surface area contributed by atoms with Crippen LogP contribution in [0.5, 0.6) is 5.75 Å². The van der Waals surface area contributed by atoms with Gasteiger partial charge in [-0.05, 0) is 45.0 Å². The molecule has 5 nitrogen and oxygen atoms in total. The van der Waals surface area contributed by atoms with Crippen molar-refractivity contribution in [1.29, 1.82) is 0 Å². The Bertz CT molecular complexity index is 479. The number of hydrogen-bond acceptors (Lipinski definition) is 4. The summed E-state index contributed by atoms with van der Waals surface area (Å²) in [6, 6.07) is 7.45. The maximum atomic E-state index is 12.7. The summed E-state index contributed by atoms with van der Waals surface area (Å²) in [5.74, 6) is 1.25. The third-order valence-corrected chi connectivity index (χ3v) is 3.87. The molecule has 0 saturated carbocycles. The molecule has 1 atom stereocenters. The molecule has 1 fully saturated rings. The maximum Gasteiger partial charge on any atom is 0.257 e. The number of carbonyl (C=O) groups is 1. The van der Waals surface area contributed by atoms with Gasteiger partial charge in [-0.2, -0.15) is 0 Å². The number of carbonyl (C=O) groups excluding carboxylic acids is 1. The van der Waals surface area contributed by atoms with Crippen LogP contribution in [0.2, 0.25) is 0 Å². The lowest BCUT2D eigenvalue weighted by atomic mass is 10.1. The van der Waals surface area contributed by atoms with Crippen LogP contribution in [0.4, 0.5) is 0 Å². The Morgan fingerprint density at radius 1 is 1.36 bits per heavy atom. The summed E-state index contributed by atoms with van der Waals surface area (Å²) in [6.45, 7) is 6.20. The first kappa shape index (κ1) is 16.8. The van der Waals surface area contributed by atoms with Gasteiger partial charge >= 0.3 is 0 Å². The summed E-state index contributed by atoms with van der Waals surface area (Å²) >= 11 is 0. The van der Waals surface area contributed by atoms with Crippen LogP contribution in [0.1, 0.15) is 23.7 Å². The summed E-state index contributed by atoms with van der Waals surface area (Å²) in [5.41, 5.74) is 0.643. The maximum absolute atomic E-state index is 12.7. The van der Waals surface area contributed by atoms with Gasteiger partial charge in [0.1, 0.15) is 12.4 Å². The lowest BCUT2D eigenvalue weighted by Crippen LogP contribution is -2.30. The van der Waals surface area contributed by atoms with Crippen molar-refractivity contribution in [2.24, 2.45) is 5.92 Å². The summed E-state index contributed by atoms with van der Waals surface area (Å²) in [4.78, 5) is 14.6. The van der Waals surface area contributed by atoms with Gasteiger partial charge in [-0.15, -0.1) is 0 Å². The molecule has 1 aliphatic heterocycles. The molecule has 1 aliphatic rings. The molecule has 1 N–H and O–H groups in total. The molecule has 0 aromatic heterocycles. The predicted molar refractivity (Wildman–Crippen MR) is 86.4 cm³/mol. The van der Waals surface area contributed by atoms with E-state index in [1.807, 2.05) is 43.1 Å². The summed E-state index contributed by atoms with van der Waals surface area (Å²) in [7, 11) is 1.95. The van der Waals surface area contributed by atoms with Gasteiger partial charge in [0.2, 0.25) is 0 Å². The molecule has 0 aliphatic carbocycles. The second-order valence-corrected chi connectivity index (χ2v) is 5.51. The van der Waals surface area contributed by atoms with Crippen LogP contribution in [-0.2, 0) is 4.74 Å². The molecule has 2 rings (SSSR count). The summed E-state index contributed by atoms with van der Waals surface area (Å²) < 4.78 is 11.0. The van der Waals surface area contributed by atoms with Crippen LogP contribution in [-0.4, -0.2) is 57.3 Å². The molecule has 1 saturated heterocycles. The molecule has 0 radical (unpaired) electrons. The van der Waals surface area contributed by atoms with Gasteiger partial charge in [-0.25, -0.2) is 0 Å².